The van der Waals surface area contributed by atoms with E-state index in [0.29, 0.717) is 55.3 Å². The molecule has 0 fully saturated rings. The molecule has 0 radical (unpaired) electrons. The molecule has 4 rings (SSSR count). The second-order valence-electron chi connectivity index (χ2n) is 21.3. The number of guanidine groups is 2. The van der Waals surface area contributed by atoms with Crippen molar-refractivity contribution in [2.24, 2.45) is 67.5 Å². The van der Waals surface area contributed by atoms with Crippen molar-refractivity contribution in [3.05, 3.63) is 101 Å². The number of nitrogens with zero attached hydrogens (tertiary/aromatic N) is 5. The number of phenolic OH excluding ortho intramolecular Hbond substituents is 1. The summed E-state index contributed by atoms with van der Waals surface area (Å²) in [6, 6.07) is 13.9. The Kier molecular flexibility index (Phi) is 28.0. The van der Waals surface area contributed by atoms with E-state index in [-0.39, 0.29) is 126 Å². The fourth-order valence-electron chi connectivity index (χ4n) is 9.58. The lowest BCUT2D eigenvalue weighted by Gasteiger charge is -2.33. The fraction of sp³-hybridized carbons (Fsp3) is 0.526. The largest absolute Gasteiger partial charge is 0.508 e. The maximum atomic E-state index is 15.3. The standard InChI is InChI=1S/C57H89N17O8/c1-36(2)28-45(61)52(79)71-48(33-38-17-19-42(75)20-18-38)55(82)74-27-11-25-72(53(80)46(16-9-23-68-57(65)66)69-50(77)44(60)15-8-22-67-56(63)64)24-10-26-73(34-39-29-40(35-74)31-41(30-39)49(62)76)54(81)47(32-37-12-4-3-5-13-37)70-51(78)43(59)14-6-7-21-58/h3-5,12-13,17-20,29-31,36,43-48,75H,6-11,14-16,21-28,32-35,58-61H2,1-2H3,(H2,62,76)(H,69,77)(H,70,78)(H,71,79)(H4,63,64,67)(H4,65,66,68)/t43-,44-,45-,46-,47-,48-/m0/s1. The highest BCUT2D eigenvalue weighted by molar-refractivity contribution is 5.94. The minimum atomic E-state index is -1.18. The minimum Gasteiger partial charge on any atom is -0.508 e. The van der Waals surface area contributed by atoms with Gasteiger partial charge >= 0.3 is 0 Å². The molecule has 3 aromatic rings. The van der Waals surface area contributed by atoms with Crippen molar-refractivity contribution in [2.45, 2.75) is 140 Å². The average molecular weight is 1140 g/mol. The molecular weight excluding hydrogens is 1050 g/mol. The normalized spacial score (nSPS) is 15.3. The molecule has 2 bridgehead atoms. The Bertz CT molecular complexity index is 2610. The van der Waals surface area contributed by atoms with E-state index >= 15 is 14.4 Å². The van der Waals surface area contributed by atoms with E-state index in [0.717, 1.165) is 5.56 Å². The summed E-state index contributed by atoms with van der Waals surface area (Å²) in [5.74, 6) is -4.14. The molecule has 0 aromatic heterocycles. The number of primary amides is 1. The lowest BCUT2D eigenvalue weighted by Crippen LogP contribution is -2.55. The molecule has 25 nitrogen and oxygen atoms in total. The molecule has 82 heavy (non-hydrogen) atoms. The summed E-state index contributed by atoms with van der Waals surface area (Å²) >= 11 is 0. The first-order chi connectivity index (χ1) is 39.0. The van der Waals surface area contributed by atoms with E-state index in [9.17, 15) is 24.3 Å². The molecule has 22 N–H and O–H groups in total. The predicted octanol–water partition coefficient (Wildman–Crippen LogP) is -1.03. The zero-order valence-electron chi connectivity index (χ0n) is 47.6. The molecule has 0 aliphatic carbocycles. The van der Waals surface area contributed by atoms with Gasteiger partial charge in [0, 0.05) is 70.8 Å². The summed E-state index contributed by atoms with van der Waals surface area (Å²) in [4.78, 5) is 113. The summed E-state index contributed by atoms with van der Waals surface area (Å²) in [5, 5.41) is 18.8. The predicted molar refractivity (Wildman–Crippen MR) is 315 cm³/mol. The van der Waals surface area contributed by atoms with Crippen LogP contribution in [-0.2, 0) is 54.7 Å². The molecule has 7 amide bonds. The van der Waals surface area contributed by atoms with Crippen molar-refractivity contribution in [1.82, 2.24) is 30.7 Å². The molecule has 6 atom stereocenters. The summed E-state index contributed by atoms with van der Waals surface area (Å²) in [5.41, 5.74) is 55.4. The van der Waals surface area contributed by atoms with E-state index in [1.165, 1.54) is 21.9 Å². The number of hydrogen-bond donors (Lipinski definition) is 13. The van der Waals surface area contributed by atoms with Crippen molar-refractivity contribution in [2.75, 3.05) is 45.8 Å². The monoisotopic (exact) mass is 1140 g/mol. The Labute approximate surface area is 480 Å². The smallest absolute Gasteiger partial charge is 0.248 e. The Morgan fingerprint density at radius 2 is 0.988 bits per heavy atom. The van der Waals surface area contributed by atoms with Crippen LogP contribution in [0.4, 0.5) is 0 Å². The van der Waals surface area contributed by atoms with Gasteiger partial charge in [0.25, 0.3) is 0 Å². The van der Waals surface area contributed by atoms with Gasteiger partial charge < -0.3 is 87.4 Å². The Balaban J connectivity index is 1.87. The number of aromatic hydroxyl groups is 1. The van der Waals surface area contributed by atoms with Gasteiger partial charge in [0.05, 0.1) is 18.1 Å². The van der Waals surface area contributed by atoms with E-state index < -0.39 is 77.6 Å². The van der Waals surface area contributed by atoms with Crippen LogP contribution in [0, 0.1) is 5.92 Å². The quantitative estimate of drug-likeness (QED) is 0.0235. The number of rotatable bonds is 28. The number of carbonyl (C=O) groups is 7. The molecule has 450 valence electrons. The number of carbonyl (C=O) groups excluding carboxylic acids is 7. The molecule has 0 unspecified atom stereocenters. The van der Waals surface area contributed by atoms with Crippen molar-refractivity contribution in [3.63, 3.8) is 0 Å². The molecule has 1 heterocycles. The summed E-state index contributed by atoms with van der Waals surface area (Å²) in [7, 11) is 0. The Hall–Kier alpha value is -7.87. The van der Waals surface area contributed by atoms with Crippen LogP contribution in [-0.4, -0.2) is 155 Å². The van der Waals surface area contributed by atoms with Gasteiger partial charge in [-0.3, -0.25) is 43.5 Å². The van der Waals surface area contributed by atoms with Gasteiger partial charge in [-0.25, -0.2) is 0 Å². The molecule has 0 saturated carbocycles. The maximum Gasteiger partial charge on any atom is 0.248 e. The third-order valence-corrected chi connectivity index (χ3v) is 13.9. The zero-order chi connectivity index (χ0) is 60.3. The average Bonchev–Trinajstić information content (AvgIpc) is 3.51. The first kappa shape index (κ1) is 66.6. The number of nitrogens with two attached hydrogens (primary N) is 9. The summed E-state index contributed by atoms with van der Waals surface area (Å²) < 4.78 is 0. The van der Waals surface area contributed by atoms with E-state index in [1.54, 1.807) is 35.2 Å². The van der Waals surface area contributed by atoms with Crippen LogP contribution in [0.1, 0.15) is 111 Å². The van der Waals surface area contributed by atoms with Crippen LogP contribution < -0.4 is 67.6 Å². The third kappa shape index (κ3) is 23.3. The van der Waals surface area contributed by atoms with Crippen molar-refractivity contribution in [1.29, 1.82) is 0 Å². The van der Waals surface area contributed by atoms with Gasteiger partial charge in [-0.05, 0) is 117 Å². The highest BCUT2D eigenvalue weighted by atomic mass is 16.3. The summed E-state index contributed by atoms with van der Waals surface area (Å²) in [6.45, 7) is 4.50. The van der Waals surface area contributed by atoms with Gasteiger partial charge in [0.1, 0.15) is 23.9 Å². The Morgan fingerprint density at radius 1 is 0.549 bits per heavy atom. The lowest BCUT2D eigenvalue weighted by atomic mass is 10.00. The van der Waals surface area contributed by atoms with E-state index in [1.807, 2.05) is 44.2 Å². The van der Waals surface area contributed by atoms with Crippen molar-refractivity contribution in [3.8, 4) is 5.75 Å². The van der Waals surface area contributed by atoms with Gasteiger partial charge in [-0.1, -0.05) is 68.8 Å². The first-order valence-corrected chi connectivity index (χ1v) is 28.1. The topological polar surface area (TPSA) is 444 Å². The second kappa shape index (κ2) is 34.4. The highest BCUT2D eigenvalue weighted by Gasteiger charge is 2.33. The number of phenols is 1. The third-order valence-electron chi connectivity index (χ3n) is 13.9. The lowest BCUT2D eigenvalue weighted by molar-refractivity contribution is -0.139. The number of unbranched alkanes of at least 4 members (excludes halogenated alkanes) is 1. The van der Waals surface area contributed by atoms with Crippen molar-refractivity contribution < 1.29 is 38.7 Å². The highest BCUT2D eigenvalue weighted by Crippen LogP contribution is 2.21. The van der Waals surface area contributed by atoms with Crippen LogP contribution in [0.3, 0.4) is 0 Å². The Morgan fingerprint density at radius 3 is 1.46 bits per heavy atom. The van der Waals surface area contributed by atoms with Gasteiger partial charge in [-0.15, -0.1) is 0 Å². The van der Waals surface area contributed by atoms with Gasteiger partial charge in [-0.2, -0.15) is 0 Å². The van der Waals surface area contributed by atoms with Crippen LogP contribution >= 0.6 is 0 Å². The molecule has 25 heteroatoms. The van der Waals surface area contributed by atoms with E-state index in [2.05, 4.69) is 25.9 Å². The SMILES string of the molecule is CC(C)C[C@H](N)C(=O)N[C@@H](Cc1ccc(O)cc1)C(=O)N1CCCN(C(=O)[C@H](CCCN=C(N)N)NC(=O)[C@@H](N)CCCN=C(N)N)CCCN(C(=O)[C@H](Cc2ccccc2)NC(=O)[C@@H](N)CCCCN)Cc2cc(cc(C(N)=O)c2)C1. The van der Waals surface area contributed by atoms with Crippen molar-refractivity contribution >= 4 is 53.3 Å². The van der Waals surface area contributed by atoms with Crippen LogP contribution in [0.2, 0.25) is 0 Å². The molecule has 1 aliphatic heterocycles. The second-order valence-corrected chi connectivity index (χ2v) is 21.3. The number of fused-ring (bicyclic) bond motifs is 2. The molecule has 0 saturated heterocycles. The van der Waals surface area contributed by atoms with Gasteiger partial charge in [0.15, 0.2) is 11.9 Å². The molecule has 3 aromatic carbocycles. The molecular formula is C57H89N17O8. The maximum absolute atomic E-state index is 15.3. The number of amides is 7. The number of aliphatic imine (C=N–C) groups is 2. The van der Waals surface area contributed by atoms with E-state index in [4.69, 9.17) is 51.6 Å². The summed E-state index contributed by atoms with van der Waals surface area (Å²) in [6.07, 6.45) is 3.29. The molecule has 1 aliphatic rings. The zero-order valence-corrected chi connectivity index (χ0v) is 47.6. The number of hydrogen-bond acceptors (Lipinski definition) is 14. The molecule has 0 spiro atoms. The fourth-order valence-corrected chi connectivity index (χ4v) is 9.58. The number of benzene rings is 3. The van der Waals surface area contributed by atoms with Crippen LogP contribution in [0.15, 0.2) is 82.8 Å². The first-order valence-electron chi connectivity index (χ1n) is 28.1. The van der Waals surface area contributed by atoms with Crippen LogP contribution in [0.25, 0.3) is 0 Å². The van der Waals surface area contributed by atoms with Gasteiger partial charge in [0.2, 0.25) is 41.4 Å². The minimum absolute atomic E-state index is 0.000947. The van der Waals surface area contributed by atoms with Crippen LogP contribution in [0.5, 0.6) is 5.75 Å². The number of nitrogens with one attached hydrogen (secondary N) is 3.